The summed E-state index contributed by atoms with van der Waals surface area (Å²) in [4.78, 5) is 6.97. The van der Waals surface area contributed by atoms with Crippen molar-refractivity contribution in [1.82, 2.24) is 9.88 Å². The Balaban J connectivity index is 1.75. The van der Waals surface area contributed by atoms with Gasteiger partial charge in [0.15, 0.2) is 0 Å². The van der Waals surface area contributed by atoms with Crippen LogP contribution in [0.15, 0.2) is 30.3 Å². The molecule has 1 saturated carbocycles. The van der Waals surface area contributed by atoms with Crippen molar-refractivity contribution in [3.05, 3.63) is 41.5 Å². The predicted molar refractivity (Wildman–Crippen MR) is 111 cm³/mol. The van der Waals surface area contributed by atoms with Gasteiger partial charge < -0.3 is 15.4 Å². The highest BCUT2D eigenvalue weighted by molar-refractivity contribution is 5.69. The summed E-state index contributed by atoms with van der Waals surface area (Å²) in [5.41, 5.74) is 10.9. The number of aromatic nitrogens is 1. The summed E-state index contributed by atoms with van der Waals surface area (Å²) in [6.07, 6.45) is 7.37. The average molecular weight is 366 g/mol. The topological polar surface area (TPSA) is 51.4 Å². The molecule has 2 aliphatic rings. The molecule has 4 nitrogen and oxygen atoms in total. The second-order valence-electron chi connectivity index (χ2n) is 8.16. The zero-order valence-electron chi connectivity index (χ0n) is 16.6. The van der Waals surface area contributed by atoms with Crippen LogP contribution in [0.5, 0.6) is 5.75 Å². The van der Waals surface area contributed by atoms with Crippen molar-refractivity contribution in [2.24, 2.45) is 0 Å². The van der Waals surface area contributed by atoms with Gasteiger partial charge in [0.05, 0.1) is 5.69 Å². The molecule has 1 atom stereocenters. The van der Waals surface area contributed by atoms with Gasteiger partial charge in [-0.3, -0.25) is 0 Å². The SMILES string of the molecule is CCCc1cc(-c2cccc(N)n2)c(C2CCC2)cc1OC1CCN(C)C1. The zero-order valence-corrected chi connectivity index (χ0v) is 16.6. The van der Waals surface area contributed by atoms with Crippen LogP contribution in [0, 0.1) is 0 Å². The van der Waals surface area contributed by atoms with E-state index in [4.69, 9.17) is 10.5 Å². The van der Waals surface area contributed by atoms with Gasteiger partial charge >= 0.3 is 0 Å². The van der Waals surface area contributed by atoms with E-state index in [1.807, 2.05) is 12.1 Å². The molecule has 27 heavy (non-hydrogen) atoms. The molecule has 2 N–H and O–H groups in total. The monoisotopic (exact) mass is 365 g/mol. The molecule has 2 heterocycles. The van der Waals surface area contributed by atoms with Gasteiger partial charge in [-0.1, -0.05) is 25.8 Å². The number of aryl methyl sites for hydroxylation is 1. The van der Waals surface area contributed by atoms with Crippen LogP contribution in [-0.4, -0.2) is 36.1 Å². The first-order valence-corrected chi connectivity index (χ1v) is 10.4. The number of pyridine rings is 1. The molecule has 4 heteroatoms. The van der Waals surface area contributed by atoms with Gasteiger partial charge in [-0.2, -0.15) is 0 Å². The molecule has 1 aliphatic carbocycles. The summed E-state index contributed by atoms with van der Waals surface area (Å²) >= 11 is 0. The Morgan fingerprint density at radius 2 is 2.07 bits per heavy atom. The minimum Gasteiger partial charge on any atom is -0.489 e. The highest BCUT2D eigenvalue weighted by Crippen LogP contribution is 2.44. The third-order valence-corrected chi connectivity index (χ3v) is 5.99. The standard InChI is InChI=1S/C23H31N3O/c1-3-6-17-13-20(21-9-5-10-23(24)25-21)19(16-7-4-8-16)14-22(17)27-18-11-12-26(2)15-18/h5,9-10,13-14,16,18H,3-4,6-8,11-12,15H2,1-2H3,(H2,24,25). The molecule has 4 rings (SSSR count). The molecule has 0 radical (unpaired) electrons. The summed E-state index contributed by atoms with van der Waals surface area (Å²) in [7, 11) is 2.17. The molecule has 2 aromatic rings. The molecule has 1 saturated heterocycles. The Labute approximate surface area is 162 Å². The maximum Gasteiger partial charge on any atom is 0.124 e. The number of nitrogens with zero attached hydrogens (tertiary/aromatic N) is 2. The molecular formula is C23H31N3O. The fourth-order valence-corrected chi connectivity index (χ4v) is 4.27. The van der Waals surface area contributed by atoms with Gasteiger partial charge in [0.25, 0.3) is 0 Å². The van der Waals surface area contributed by atoms with Crippen LogP contribution in [-0.2, 0) is 6.42 Å². The largest absolute Gasteiger partial charge is 0.489 e. The highest BCUT2D eigenvalue weighted by atomic mass is 16.5. The van der Waals surface area contributed by atoms with E-state index in [0.29, 0.717) is 17.8 Å². The van der Waals surface area contributed by atoms with E-state index in [2.05, 4.69) is 42.1 Å². The van der Waals surface area contributed by atoms with Crippen LogP contribution >= 0.6 is 0 Å². The van der Waals surface area contributed by atoms with E-state index in [1.54, 1.807) is 0 Å². The number of likely N-dealkylation sites (N-methyl/N-ethyl adjacent to an activating group) is 1. The first-order chi connectivity index (χ1) is 13.1. The Kier molecular flexibility index (Phi) is 5.35. The first kappa shape index (κ1) is 18.3. The maximum atomic E-state index is 6.52. The lowest BCUT2D eigenvalue weighted by atomic mass is 9.77. The molecule has 2 fully saturated rings. The zero-order chi connectivity index (χ0) is 18.8. The fraction of sp³-hybridized carbons (Fsp3) is 0.522. The number of likely N-dealkylation sites (tertiary alicyclic amines) is 1. The number of hydrogen-bond donors (Lipinski definition) is 1. The lowest BCUT2D eigenvalue weighted by Gasteiger charge is -2.29. The van der Waals surface area contributed by atoms with Crippen molar-refractivity contribution in [3.8, 4) is 17.0 Å². The highest BCUT2D eigenvalue weighted by Gasteiger charge is 2.27. The molecular weight excluding hydrogens is 334 g/mol. The van der Waals surface area contributed by atoms with Crippen LogP contribution in [0.4, 0.5) is 5.82 Å². The Bertz CT molecular complexity index is 800. The van der Waals surface area contributed by atoms with Crippen LogP contribution in [0.1, 0.15) is 56.1 Å². The lowest BCUT2D eigenvalue weighted by Crippen LogP contribution is -2.22. The minimum absolute atomic E-state index is 0.302. The summed E-state index contributed by atoms with van der Waals surface area (Å²) in [5.74, 6) is 2.29. The smallest absolute Gasteiger partial charge is 0.124 e. The van der Waals surface area contributed by atoms with Crippen molar-refractivity contribution < 1.29 is 4.74 Å². The fourth-order valence-electron chi connectivity index (χ4n) is 4.27. The second-order valence-corrected chi connectivity index (χ2v) is 8.16. The van der Waals surface area contributed by atoms with Gasteiger partial charge in [-0.05, 0) is 74.0 Å². The van der Waals surface area contributed by atoms with Crippen molar-refractivity contribution in [2.75, 3.05) is 25.9 Å². The van der Waals surface area contributed by atoms with Gasteiger partial charge in [-0.25, -0.2) is 4.98 Å². The van der Waals surface area contributed by atoms with E-state index >= 15 is 0 Å². The van der Waals surface area contributed by atoms with Crippen LogP contribution in [0.25, 0.3) is 11.3 Å². The number of anilines is 1. The molecule has 144 valence electrons. The molecule has 0 amide bonds. The van der Waals surface area contributed by atoms with Crippen LogP contribution < -0.4 is 10.5 Å². The number of benzene rings is 1. The third kappa shape index (κ3) is 3.96. The summed E-state index contributed by atoms with van der Waals surface area (Å²) < 4.78 is 6.52. The quantitative estimate of drug-likeness (QED) is 0.811. The van der Waals surface area contributed by atoms with E-state index in [1.165, 1.54) is 36.0 Å². The van der Waals surface area contributed by atoms with E-state index < -0.39 is 0 Å². The number of nitrogens with two attached hydrogens (primary N) is 1. The number of ether oxygens (including phenoxy) is 1. The van der Waals surface area contributed by atoms with Crippen molar-refractivity contribution in [1.29, 1.82) is 0 Å². The molecule has 1 aliphatic heterocycles. The lowest BCUT2D eigenvalue weighted by molar-refractivity contribution is 0.205. The molecule has 1 aromatic carbocycles. The average Bonchev–Trinajstić information content (AvgIpc) is 3.00. The number of nitrogen functional groups attached to an aromatic ring is 1. The molecule has 1 aromatic heterocycles. The van der Waals surface area contributed by atoms with Gasteiger partial charge in [-0.15, -0.1) is 0 Å². The van der Waals surface area contributed by atoms with E-state index in [0.717, 1.165) is 43.8 Å². The molecule has 0 spiro atoms. The van der Waals surface area contributed by atoms with Crippen LogP contribution in [0.3, 0.4) is 0 Å². The third-order valence-electron chi connectivity index (χ3n) is 5.99. The normalized spacial score (nSPS) is 20.6. The maximum absolute atomic E-state index is 6.52. The first-order valence-electron chi connectivity index (χ1n) is 10.4. The molecule has 1 unspecified atom stereocenters. The Hall–Kier alpha value is -2.07. The van der Waals surface area contributed by atoms with Crippen molar-refractivity contribution >= 4 is 5.82 Å². The number of hydrogen-bond acceptors (Lipinski definition) is 4. The summed E-state index contributed by atoms with van der Waals surface area (Å²) in [6.45, 7) is 4.36. The molecule has 0 bridgehead atoms. The van der Waals surface area contributed by atoms with Crippen molar-refractivity contribution in [2.45, 2.75) is 57.5 Å². The number of rotatable bonds is 6. The van der Waals surface area contributed by atoms with E-state index in [-0.39, 0.29) is 0 Å². The van der Waals surface area contributed by atoms with Gasteiger partial charge in [0.1, 0.15) is 17.7 Å². The summed E-state index contributed by atoms with van der Waals surface area (Å²) in [6, 6.07) is 10.6. The van der Waals surface area contributed by atoms with Crippen molar-refractivity contribution in [3.63, 3.8) is 0 Å². The summed E-state index contributed by atoms with van der Waals surface area (Å²) in [5, 5.41) is 0. The second kappa shape index (κ2) is 7.89. The van der Waals surface area contributed by atoms with Gasteiger partial charge in [0, 0.05) is 18.7 Å². The van der Waals surface area contributed by atoms with E-state index in [9.17, 15) is 0 Å². The Morgan fingerprint density at radius 1 is 1.22 bits per heavy atom. The Morgan fingerprint density at radius 3 is 2.70 bits per heavy atom. The van der Waals surface area contributed by atoms with Gasteiger partial charge in [0.2, 0.25) is 0 Å². The minimum atomic E-state index is 0.302. The predicted octanol–water partition coefficient (Wildman–Crippen LogP) is 4.63. The van der Waals surface area contributed by atoms with Crippen LogP contribution in [0.2, 0.25) is 0 Å².